The summed E-state index contributed by atoms with van der Waals surface area (Å²) >= 11 is 0. The van der Waals surface area contributed by atoms with Gasteiger partial charge in [-0.05, 0) is 24.7 Å². The summed E-state index contributed by atoms with van der Waals surface area (Å²) in [5.74, 6) is 1.78. The summed E-state index contributed by atoms with van der Waals surface area (Å²) in [7, 11) is 0. The van der Waals surface area contributed by atoms with Crippen LogP contribution in [0.4, 0.5) is 0 Å². The van der Waals surface area contributed by atoms with Crippen molar-refractivity contribution in [3.63, 3.8) is 0 Å². The Labute approximate surface area is 59.6 Å². The van der Waals surface area contributed by atoms with Gasteiger partial charge in [0, 0.05) is 6.42 Å². The van der Waals surface area contributed by atoms with Crippen LogP contribution in [-0.2, 0) is 9.53 Å². The van der Waals surface area contributed by atoms with E-state index in [0.717, 1.165) is 18.8 Å². The highest BCUT2D eigenvalue weighted by Gasteiger charge is 2.59. The minimum Gasteiger partial charge on any atom is -0.367 e. The Hall–Kier alpha value is -0.370. The van der Waals surface area contributed by atoms with E-state index < -0.39 is 0 Å². The van der Waals surface area contributed by atoms with Gasteiger partial charge in [-0.25, -0.2) is 0 Å². The lowest BCUT2D eigenvalue weighted by Gasteiger charge is -2.22. The third-order valence-corrected chi connectivity index (χ3v) is 3.07. The van der Waals surface area contributed by atoms with Crippen molar-refractivity contribution in [3.05, 3.63) is 0 Å². The van der Waals surface area contributed by atoms with E-state index in [-0.39, 0.29) is 6.10 Å². The maximum Gasteiger partial charge on any atom is 0.161 e. The second kappa shape index (κ2) is 1.45. The first-order valence-electron chi connectivity index (χ1n) is 4.04. The molecular weight excluding hydrogens is 128 g/mol. The number of carbonyl (C=O) groups excluding carboxylic acids is 1. The molecule has 3 aliphatic rings. The Morgan fingerprint density at radius 1 is 1.40 bits per heavy atom. The Bertz CT molecular complexity index is 199. The van der Waals surface area contributed by atoms with Crippen molar-refractivity contribution < 1.29 is 9.53 Å². The fraction of sp³-hybridized carbons (Fsp3) is 0.875. The quantitative estimate of drug-likeness (QED) is 0.494. The minimum absolute atomic E-state index is 0.0312. The van der Waals surface area contributed by atoms with Gasteiger partial charge in [-0.1, -0.05) is 0 Å². The molecule has 0 radical (unpaired) electrons. The first-order valence-corrected chi connectivity index (χ1v) is 4.04. The molecule has 0 spiro atoms. The van der Waals surface area contributed by atoms with Gasteiger partial charge in [-0.15, -0.1) is 0 Å². The standard InChI is InChI=1S/C8H10O2/c9-6-1-2-7-4-3-5(4)8(6)10-7/h4-5,7-8H,1-3H2. The van der Waals surface area contributed by atoms with Crippen molar-refractivity contribution in [1.29, 1.82) is 0 Å². The van der Waals surface area contributed by atoms with Crippen LogP contribution in [0.25, 0.3) is 0 Å². The highest BCUT2D eigenvalue weighted by Crippen LogP contribution is 2.55. The molecule has 0 aromatic heterocycles. The number of carbonyl (C=O) groups is 1. The van der Waals surface area contributed by atoms with Gasteiger partial charge in [0.2, 0.25) is 0 Å². The van der Waals surface area contributed by atoms with E-state index in [9.17, 15) is 4.79 Å². The van der Waals surface area contributed by atoms with Crippen LogP contribution in [0.5, 0.6) is 0 Å². The SMILES string of the molecule is O=C1CCC2OC1C1CC21. The molecule has 54 valence electrons. The Morgan fingerprint density at radius 2 is 2.30 bits per heavy atom. The highest BCUT2D eigenvalue weighted by molar-refractivity contribution is 5.85. The Morgan fingerprint density at radius 3 is 3.10 bits per heavy atom. The van der Waals surface area contributed by atoms with E-state index in [0.29, 0.717) is 17.8 Å². The van der Waals surface area contributed by atoms with Gasteiger partial charge in [0.25, 0.3) is 0 Å². The largest absolute Gasteiger partial charge is 0.367 e. The molecule has 3 rings (SSSR count). The number of rotatable bonds is 0. The van der Waals surface area contributed by atoms with Crippen LogP contribution in [0.1, 0.15) is 19.3 Å². The van der Waals surface area contributed by atoms with Crippen molar-refractivity contribution >= 4 is 5.78 Å². The zero-order chi connectivity index (χ0) is 6.72. The number of ether oxygens (including phenoxy) is 1. The average molecular weight is 138 g/mol. The first kappa shape index (κ1) is 5.30. The summed E-state index contributed by atoms with van der Waals surface area (Å²) in [6.45, 7) is 0. The van der Waals surface area contributed by atoms with Gasteiger partial charge in [0.15, 0.2) is 5.78 Å². The second-order valence-electron chi connectivity index (χ2n) is 3.66. The molecule has 0 N–H and O–H groups in total. The predicted octanol–water partition coefficient (Wildman–Crippen LogP) is 0.753. The lowest BCUT2D eigenvalue weighted by Crippen LogP contribution is -2.31. The fourth-order valence-corrected chi connectivity index (χ4v) is 2.43. The molecule has 4 unspecified atom stereocenters. The van der Waals surface area contributed by atoms with Crippen molar-refractivity contribution in [2.24, 2.45) is 11.8 Å². The number of hydrogen-bond donors (Lipinski definition) is 0. The number of ketones is 1. The average Bonchev–Trinajstić information content (AvgIpc) is 2.65. The fourth-order valence-electron chi connectivity index (χ4n) is 2.43. The molecule has 0 amide bonds. The third-order valence-electron chi connectivity index (χ3n) is 3.07. The molecular formula is C8H10O2. The zero-order valence-corrected chi connectivity index (χ0v) is 5.75. The predicted molar refractivity (Wildman–Crippen MR) is 34.5 cm³/mol. The van der Waals surface area contributed by atoms with Gasteiger partial charge in [0.05, 0.1) is 6.10 Å². The summed E-state index contributed by atoms with van der Waals surface area (Å²) in [5, 5.41) is 0. The molecule has 2 heteroatoms. The van der Waals surface area contributed by atoms with Gasteiger partial charge in [0.1, 0.15) is 6.10 Å². The molecule has 1 aliphatic carbocycles. The topological polar surface area (TPSA) is 26.3 Å². The molecule has 3 fully saturated rings. The van der Waals surface area contributed by atoms with E-state index in [1.54, 1.807) is 0 Å². The van der Waals surface area contributed by atoms with Crippen LogP contribution in [0.15, 0.2) is 0 Å². The van der Waals surface area contributed by atoms with E-state index in [1.165, 1.54) is 6.42 Å². The lowest BCUT2D eigenvalue weighted by atomic mass is 10.0. The Kier molecular flexibility index (Phi) is 0.768. The maximum atomic E-state index is 11.2. The second-order valence-corrected chi connectivity index (χ2v) is 3.66. The van der Waals surface area contributed by atoms with Gasteiger partial charge in [-0.3, -0.25) is 4.79 Å². The highest BCUT2D eigenvalue weighted by atomic mass is 16.5. The van der Waals surface area contributed by atoms with Crippen LogP contribution in [-0.4, -0.2) is 18.0 Å². The van der Waals surface area contributed by atoms with Gasteiger partial charge >= 0.3 is 0 Å². The van der Waals surface area contributed by atoms with Gasteiger partial charge in [-0.2, -0.15) is 0 Å². The first-order chi connectivity index (χ1) is 4.86. The van der Waals surface area contributed by atoms with E-state index >= 15 is 0 Å². The molecule has 4 atom stereocenters. The summed E-state index contributed by atoms with van der Waals surface area (Å²) < 4.78 is 5.52. The van der Waals surface area contributed by atoms with Crippen molar-refractivity contribution in [3.8, 4) is 0 Å². The monoisotopic (exact) mass is 138 g/mol. The number of fused-ring (bicyclic) bond motifs is 5. The molecule has 2 nitrogen and oxygen atoms in total. The summed E-state index contributed by atoms with van der Waals surface area (Å²) in [5.41, 5.74) is 0. The Balaban J connectivity index is 1.97. The number of Topliss-reactive ketones (excluding diaryl/α,β-unsaturated/α-hetero) is 1. The van der Waals surface area contributed by atoms with Crippen LogP contribution in [0, 0.1) is 11.8 Å². The minimum atomic E-state index is 0.0312. The molecule has 2 bridgehead atoms. The van der Waals surface area contributed by atoms with E-state index in [2.05, 4.69) is 0 Å². The zero-order valence-electron chi connectivity index (χ0n) is 5.75. The van der Waals surface area contributed by atoms with Crippen LogP contribution >= 0.6 is 0 Å². The van der Waals surface area contributed by atoms with E-state index in [1.807, 2.05) is 0 Å². The maximum absolute atomic E-state index is 11.2. The summed E-state index contributed by atoms with van der Waals surface area (Å²) in [6, 6.07) is 0. The van der Waals surface area contributed by atoms with Crippen molar-refractivity contribution in [2.45, 2.75) is 31.5 Å². The molecule has 0 aromatic carbocycles. The molecule has 2 heterocycles. The van der Waals surface area contributed by atoms with Crippen LogP contribution in [0.3, 0.4) is 0 Å². The summed E-state index contributed by atoms with van der Waals surface area (Å²) in [4.78, 5) is 11.2. The normalized spacial score (nSPS) is 56.6. The van der Waals surface area contributed by atoms with Crippen molar-refractivity contribution in [1.82, 2.24) is 0 Å². The summed E-state index contributed by atoms with van der Waals surface area (Å²) in [6.07, 6.45) is 3.54. The van der Waals surface area contributed by atoms with Gasteiger partial charge < -0.3 is 4.74 Å². The number of hydrogen-bond acceptors (Lipinski definition) is 2. The lowest BCUT2D eigenvalue weighted by molar-refractivity contribution is -0.138. The van der Waals surface area contributed by atoms with Crippen molar-refractivity contribution in [2.75, 3.05) is 0 Å². The van der Waals surface area contributed by atoms with Crippen LogP contribution in [0.2, 0.25) is 0 Å². The molecule has 1 saturated carbocycles. The van der Waals surface area contributed by atoms with E-state index in [4.69, 9.17) is 4.74 Å². The smallest absolute Gasteiger partial charge is 0.161 e. The molecule has 10 heavy (non-hydrogen) atoms. The molecule has 2 saturated heterocycles. The third kappa shape index (κ3) is 0.473. The van der Waals surface area contributed by atoms with Crippen LogP contribution < -0.4 is 0 Å². The molecule has 2 aliphatic heterocycles. The molecule has 0 aromatic rings.